The molecule has 0 spiro atoms. The predicted molar refractivity (Wildman–Crippen MR) is 75.9 cm³/mol. The highest BCUT2D eigenvalue weighted by Crippen LogP contribution is 2.31. The van der Waals surface area contributed by atoms with E-state index in [9.17, 15) is 0 Å². The SMILES string of the molecule is CNC1(CCN2CC(C)OCC2C)CCCCC1. The Labute approximate surface area is 112 Å². The Kier molecular flexibility index (Phi) is 5.05. The molecule has 106 valence electrons. The van der Waals surface area contributed by atoms with Gasteiger partial charge in [0, 0.05) is 24.7 Å². The van der Waals surface area contributed by atoms with E-state index in [4.69, 9.17) is 4.74 Å². The average Bonchev–Trinajstić information content (AvgIpc) is 2.41. The van der Waals surface area contributed by atoms with Crippen molar-refractivity contribution in [2.75, 3.05) is 26.7 Å². The minimum atomic E-state index is 0.401. The Morgan fingerprint density at radius 1 is 1.22 bits per heavy atom. The maximum absolute atomic E-state index is 5.71. The minimum Gasteiger partial charge on any atom is -0.376 e. The topological polar surface area (TPSA) is 24.5 Å². The standard InChI is InChI=1S/C15H30N2O/c1-13-12-18-14(2)11-17(13)10-9-15(16-3)7-5-4-6-8-15/h13-14,16H,4-12H2,1-3H3. The van der Waals surface area contributed by atoms with Crippen LogP contribution >= 0.6 is 0 Å². The Morgan fingerprint density at radius 2 is 1.94 bits per heavy atom. The molecule has 0 aromatic heterocycles. The third-order valence-corrected chi connectivity index (χ3v) is 4.96. The third kappa shape index (κ3) is 3.46. The van der Waals surface area contributed by atoms with Gasteiger partial charge >= 0.3 is 0 Å². The van der Waals surface area contributed by atoms with Crippen molar-refractivity contribution in [3.63, 3.8) is 0 Å². The number of morpholine rings is 1. The summed E-state index contributed by atoms with van der Waals surface area (Å²) in [5, 5.41) is 3.63. The number of hydrogen-bond donors (Lipinski definition) is 1. The molecular weight excluding hydrogens is 224 g/mol. The van der Waals surface area contributed by atoms with Gasteiger partial charge in [-0.15, -0.1) is 0 Å². The Hall–Kier alpha value is -0.120. The molecule has 1 saturated heterocycles. The molecule has 2 rings (SSSR count). The van der Waals surface area contributed by atoms with Gasteiger partial charge in [-0.05, 0) is 40.2 Å². The summed E-state index contributed by atoms with van der Waals surface area (Å²) in [4.78, 5) is 2.61. The lowest BCUT2D eigenvalue weighted by Gasteiger charge is -2.42. The first-order valence-corrected chi connectivity index (χ1v) is 7.70. The fourth-order valence-electron chi connectivity index (χ4n) is 3.49. The first kappa shape index (κ1) is 14.3. The molecule has 1 aliphatic heterocycles. The number of nitrogens with zero attached hydrogens (tertiary/aromatic N) is 1. The molecule has 0 amide bonds. The predicted octanol–water partition coefficient (Wildman–Crippen LogP) is 2.41. The largest absolute Gasteiger partial charge is 0.376 e. The molecule has 1 N–H and O–H groups in total. The molecule has 2 atom stereocenters. The van der Waals surface area contributed by atoms with E-state index in [-0.39, 0.29) is 0 Å². The molecule has 2 aliphatic rings. The lowest BCUT2D eigenvalue weighted by molar-refractivity contribution is -0.0522. The second-order valence-electron chi connectivity index (χ2n) is 6.33. The van der Waals surface area contributed by atoms with E-state index in [1.807, 2.05) is 0 Å². The van der Waals surface area contributed by atoms with Crippen LogP contribution in [0.2, 0.25) is 0 Å². The Balaban J connectivity index is 1.84. The Bertz CT molecular complexity index is 251. The highest BCUT2D eigenvalue weighted by molar-refractivity contribution is 4.91. The molecule has 3 nitrogen and oxygen atoms in total. The van der Waals surface area contributed by atoms with Crippen molar-refractivity contribution in [2.45, 2.75) is 70.1 Å². The van der Waals surface area contributed by atoms with Gasteiger partial charge < -0.3 is 10.1 Å². The van der Waals surface area contributed by atoms with E-state index < -0.39 is 0 Å². The first-order valence-electron chi connectivity index (χ1n) is 7.70. The highest BCUT2D eigenvalue weighted by atomic mass is 16.5. The van der Waals surface area contributed by atoms with Crippen LogP contribution < -0.4 is 5.32 Å². The zero-order valence-corrected chi connectivity index (χ0v) is 12.4. The van der Waals surface area contributed by atoms with Crippen molar-refractivity contribution in [1.82, 2.24) is 10.2 Å². The van der Waals surface area contributed by atoms with Crippen LogP contribution in [-0.2, 0) is 4.74 Å². The van der Waals surface area contributed by atoms with Gasteiger partial charge in [-0.1, -0.05) is 19.3 Å². The summed E-state index contributed by atoms with van der Waals surface area (Å²) in [6.45, 7) is 7.69. The summed E-state index contributed by atoms with van der Waals surface area (Å²) in [6.07, 6.45) is 8.63. The summed E-state index contributed by atoms with van der Waals surface area (Å²) < 4.78 is 5.71. The van der Waals surface area contributed by atoms with Crippen molar-refractivity contribution in [3.8, 4) is 0 Å². The van der Waals surface area contributed by atoms with Gasteiger partial charge in [-0.25, -0.2) is 0 Å². The normalized spacial score (nSPS) is 33.5. The quantitative estimate of drug-likeness (QED) is 0.834. The first-order chi connectivity index (χ1) is 8.65. The molecule has 2 unspecified atom stereocenters. The van der Waals surface area contributed by atoms with E-state index in [1.54, 1.807) is 0 Å². The average molecular weight is 254 g/mol. The zero-order chi connectivity index (χ0) is 13.0. The summed E-state index contributed by atoms with van der Waals surface area (Å²) >= 11 is 0. The van der Waals surface area contributed by atoms with E-state index >= 15 is 0 Å². The molecule has 3 heteroatoms. The maximum Gasteiger partial charge on any atom is 0.0674 e. The van der Waals surface area contributed by atoms with Crippen LogP contribution in [0.3, 0.4) is 0 Å². The van der Waals surface area contributed by atoms with Crippen LogP contribution in [0, 0.1) is 0 Å². The zero-order valence-electron chi connectivity index (χ0n) is 12.4. The van der Waals surface area contributed by atoms with Crippen LogP contribution in [0.4, 0.5) is 0 Å². The second-order valence-corrected chi connectivity index (χ2v) is 6.33. The van der Waals surface area contributed by atoms with Crippen molar-refractivity contribution in [1.29, 1.82) is 0 Å². The van der Waals surface area contributed by atoms with E-state index in [0.717, 1.165) is 13.2 Å². The molecule has 2 fully saturated rings. The van der Waals surface area contributed by atoms with Gasteiger partial charge in [0.15, 0.2) is 0 Å². The van der Waals surface area contributed by atoms with Crippen LogP contribution in [0.15, 0.2) is 0 Å². The van der Waals surface area contributed by atoms with Gasteiger partial charge in [0.2, 0.25) is 0 Å². The van der Waals surface area contributed by atoms with Gasteiger partial charge in [-0.3, -0.25) is 4.90 Å². The van der Waals surface area contributed by atoms with Crippen molar-refractivity contribution in [3.05, 3.63) is 0 Å². The molecular formula is C15H30N2O. The van der Waals surface area contributed by atoms with Crippen LogP contribution in [-0.4, -0.2) is 49.3 Å². The number of nitrogens with one attached hydrogen (secondary N) is 1. The number of hydrogen-bond acceptors (Lipinski definition) is 3. The van der Waals surface area contributed by atoms with Crippen LogP contribution in [0.25, 0.3) is 0 Å². The molecule has 0 aromatic rings. The molecule has 1 aliphatic carbocycles. The Morgan fingerprint density at radius 3 is 2.61 bits per heavy atom. The molecule has 0 radical (unpaired) electrons. The number of ether oxygens (including phenoxy) is 1. The van der Waals surface area contributed by atoms with E-state index in [2.05, 4.69) is 31.1 Å². The summed E-state index contributed by atoms with van der Waals surface area (Å²) in [5.41, 5.74) is 0.416. The minimum absolute atomic E-state index is 0.401. The van der Waals surface area contributed by atoms with Crippen LogP contribution in [0.5, 0.6) is 0 Å². The second kappa shape index (κ2) is 6.36. The smallest absolute Gasteiger partial charge is 0.0674 e. The molecule has 18 heavy (non-hydrogen) atoms. The molecule has 0 aromatic carbocycles. The summed E-state index contributed by atoms with van der Waals surface area (Å²) in [5.74, 6) is 0. The monoisotopic (exact) mass is 254 g/mol. The summed E-state index contributed by atoms with van der Waals surface area (Å²) in [7, 11) is 2.15. The van der Waals surface area contributed by atoms with Crippen molar-refractivity contribution >= 4 is 0 Å². The molecule has 1 saturated carbocycles. The molecule has 1 heterocycles. The highest BCUT2D eigenvalue weighted by Gasteiger charge is 2.32. The van der Waals surface area contributed by atoms with Gasteiger partial charge in [0.25, 0.3) is 0 Å². The summed E-state index contributed by atoms with van der Waals surface area (Å²) in [6, 6.07) is 0.582. The van der Waals surface area contributed by atoms with Crippen molar-refractivity contribution in [2.24, 2.45) is 0 Å². The van der Waals surface area contributed by atoms with Gasteiger partial charge in [0.1, 0.15) is 0 Å². The number of rotatable bonds is 4. The molecule has 0 bridgehead atoms. The lowest BCUT2D eigenvalue weighted by Crippen LogP contribution is -2.52. The fourth-order valence-corrected chi connectivity index (χ4v) is 3.49. The third-order valence-electron chi connectivity index (χ3n) is 4.96. The van der Waals surface area contributed by atoms with E-state index in [0.29, 0.717) is 17.7 Å². The maximum atomic E-state index is 5.71. The fraction of sp³-hybridized carbons (Fsp3) is 1.00. The van der Waals surface area contributed by atoms with Gasteiger partial charge in [-0.2, -0.15) is 0 Å². The lowest BCUT2D eigenvalue weighted by atomic mass is 9.79. The van der Waals surface area contributed by atoms with Crippen molar-refractivity contribution < 1.29 is 4.74 Å². The van der Waals surface area contributed by atoms with Crippen LogP contribution in [0.1, 0.15) is 52.4 Å². The van der Waals surface area contributed by atoms with Gasteiger partial charge in [0.05, 0.1) is 12.7 Å². The van der Waals surface area contributed by atoms with E-state index in [1.165, 1.54) is 45.1 Å².